The molecule has 0 aromatic heterocycles. The lowest BCUT2D eigenvalue weighted by Crippen LogP contribution is -2.50. The lowest BCUT2D eigenvalue weighted by Gasteiger charge is -2.34. The highest BCUT2D eigenvalue weighted by Crippen LogP contribution is 2.18. The minimum atomic E-state index is -3.49. The van der Waals surface area contributed by atoms with Crippen LogP contribution in [-0.2, 0) is 21.2 Å². The predicted octanol–water partition coefficient (Wildman–Crippen LogP) is 2.81. The van der Waals surface area contributed by atoms with Gasteiger partial charge in [0.25, 0.3) is 0 Å². The highest BCUT2D eigenvalue weighted by Gasteiger charge is 2.29. The summed E-state index contributed by atoms with van der Waals surface area (Å²) in [6, 6.07) is 15.9. The molecular formula is C19H21ClN2O3S. The van der Waals surface area contributed by atoms with Crippen LogP contribution in [0.1, 0.15) is 12.0 Å². The minimum absolute atomic E-state index is 0.0433. The normalized spacial score (nSPS) is 15.8. The molecular weight excluding hydrogens is 372 g/mol. The van der Waals surface area contributed by atoms with E-state index in [0.717, 1.165) is 5.56 Å². The van der Waals surface area contributed by atoms with Crippen molar-refractivity contribution in [2.75, 3.05) is 26.2 Å². The number of aryl methyl sites for hydroxylation is 1. The molecule has 2 aromatic carbocycles. The molecule has 7 heteroatoms. The molecule has 0 bridgehead atoms. The van der Waals surface area contributed by atoms with E-state index < -0.39 is 10.0 Å². The highest BCUT2D eigenvalue weighted by atomic mass is 35.5. The molecule has 0 unspecified atom stereocenters. The van der Waals surface area contributed by atoms with E-state index in [4.69, 9.17) is 11.6 Å². The Morgan fingerprint density at radius 2 is 1.65 bits per heavy atom. The molecule has 2 aromatic rings. The summed E-state index contributed by atoms with van der Waals surface area (Å²) < 4.78 is 26.7. The summed E-state index contributed by atoms with van der Waals surface area (Å²) in [5.41, 5.74) is 1.02. The number of amides is 1. The van der Waals surface area contributed by atoms with Crippen molar-refractivity contribution in [1.29, 1.82) is 0 Å². The summed E-state index contributed by atoms with van der Waals surface area (Å²) >= 11 is 5.96. The first-order valence-corrected chi connectivity index (χ1v) is 10.4. The number of hydrogen-bond acceptors (Lipinski definition) is 3. The Labute approximate surface area is 159 Å². The molecule has 0 saturated carbocycles. The molecule has 0 aliphatic carbocycles. The second kappa shape index (κ2) is 8.20. The van der Waals surface area contributed by atoms with Gasteiger partial charge in [-0.25, -0.2) is 8.42 Å². The molecule has 138 valence electrons. The molecule has 1 aliphatic rings. The number of carbonyl (C=O) groups excluding carboxylic acids is 1. The Balaban J connectivity index is 1.54. The molecule has 3 rings (SSSR count). The standard InChI is InChI=1S/C19H21ClN2O3S/c20-17-6-4-5-16(15-17)9-10-19(23)21-11-13-22(14-12-21)26(24,25)18-7-2-1-3-8-18/h1-8,15H,9-14H2. The van der Waals surface area contributed by atoms with Crippen molar-refractivity contribution in [3.63, 3.8) is 0 Å². The van der Waals surface area contributed by atoms with Crippen LogP contribution < -0.4 is 0 Å². The van der Waals surface area contributed by atoms with Gasteiger partial charge in [0.1, 0.15) is 0 Å². The van der Waals surface area contributed by atoms with Crippen LogP contribution in [0.2, 0.25) is 5.02 Å². The molecule has 26 heavy (non-hydrogen) atoms. The zero-order chi connectivity index (χ0) is 18.6. The van der Waals surface area contributed by atoms with E-state index in [9.17, 15) is 13.2 Å². The van der Waals surface area contributed by atoms with Crippen LogP contribution in [-0.4, -0.2) is 49.7 Å². The van der Waals surface area contributed by atoms with Gasteiger partial charge in [0.2, 0.25) is 15.9 Å². The number of hydrogen-bond donors (Lipinski definition) is 0. The van der Waals surface area contributed by atoms with Gasteiger partial charge in [0, 0.05) is 37.6 Å². The van der Waals surface area contributed by atoms with E-state index in [-0.39, 0.29) is 5.91 Å². The Bertz CT molecular complexity index is 863. The number of benzene rings is 2. The quantitative estimate of drug-likeness (QED) is 0.786. The number of rotatable bonds is 5. The van der Waals surface area contributed by atoms with Crippen LogP contribution in [0, 0.1) is 0 Å². The second-order valence-electron chi connectivity index (χ2n) is 6.23. The van der Waals surface area contributed by atoms with Crippen molar-refractivity contribution in [1.82, 2.24) is 9.21 Å². The largest absolute Gasteiger partial charge is 0.340 e. The van der Waals surface area contributed by atoms with Crippen LogP contribution in [0.3, 0.4) is 0 Å². The number of nitrogens with zero attached hydrogens (tertiary/aromatic N) is 2. The Morgan fingerprint density at radius 1 is 0.962 bits per heavy atom. The fourth-order valence-electron chi connectivity index (χ4n) is 3.02. The molecule has 0 atom stereocenters. The van der Waals surface area contributed by atoms with E-state index in [1.165, 1.54) is 4.31 Å². The number of piperazine rings is 1. The van der Waals surface area contributed by atoms with Crippen LogP contribution in [0.25, 0.3) is 0 Å². The van der Waals surface area contributed by atoms with E-state index in [2.05, 4.69) is 0 Å². The van der Waals surface area contributed by atoms with E-state index >= 15 is 0 Å². The lowest BCUT2D eigenvalue weighted by atomic mass is 10.1. The van der Waals surface area contributed by atoms with Gasteiger partial charge >= 0.3 is 0 Å². The molecule has 1 saturated heterocycles. The monoisotopic (exact) mass is 392 g/mol. The molecule has 0 spiro atoms. The first-order valence-electron chi connectivity index (χ1n) is 8.54. The van der Waals surface area contributed by atoms with Gasteiger partial charge in [-0.05, 0) is 36.2 Å². The summed E-state index contributed by atoms with van der Waals surface area (Å²) in [7, 11) is -3.49. The number of halogens is 1. The smallest absolute Gasteiger partial charge is 0.243 e. The number of sulfonamides is 1. The second-order valence-corrected chi connectivity index (χ2v) is 8.60. The fraction of sp³-hybridized carbons (Fsp3) is 0.316. The third kappa shape index (κ3) is 4.44. The van der Waals surface area contributed by atoms with Gasteiger partial charge < -0.3 is 4.90 Å². The van der Waals surface area contributed by atoms with Crippen LogP contribution >= 0.6 is 11.6 Å². The number of carbonyl (C=O) groups is 1. The molecule has 1 fully saturated rings. The predicted molar refractivity (Wildman–Crippen MR) is 102 cm³/mol. The maximum absolute atomic E-state index is 12.6. The summed E-state index contributed by atoms with van der Waals surface area (Å²) in [6.07, 6.45) is 1.02. The zero-order valence-corrected chi connectivity index (χ0v) is 15.9. The van der Waals surface area contributed by atoms with E-state index in [1.54, 1.807) is 41.3 Å². The summed E-state index contributed by atoms with van der Waals surface area (Å²) in [5, 5.41) is 0.662. The fourth-order valence-corrected chi connectivity index (χ4v) is 4.68. The third-order valence-corrected chi connectivity index (χ3v) is 6.64. The molecule has 5 nitrogen and oxygen atoms in total. The van der Waals surface area contributed by atoms with Crippen molar-refractivity contribution in [3.05, 3.63) is 65.2 Å². The topological polar surface area (TPSA) is 57.7 Å². The van der Waals surface area contributed by atoms with Gasteiger partial charge in [0.05, 0.1) is 4.90 Å². The lowest BCUT2D eigenvalue weighted by molar-refractivity contribution is -0.132. The van der Waals surface area contributed by atoms with Gasteiger partial charge in [0.15, 0.2) is 0 Å². The third-order valence-electron chi connectivity index (χ3n) is 4.49. The highest BCUT2D eigenvalue weighted by molar-refractivity contribution is 7.89. The van der Waals surface area contributed by atoms with Crippen molar-refractivity contribution < 1.29 is 13.2 Å². The first kappa shape index (κ1) is 18.9. The summed E-state index contributed by atoms with van der Waals surface area (Å²) in [6.45, 7) is 1.47. The van der Waals surface area contributed by atoms with E-state index in [0.29, 0.717) is 48.9 Å². The maximum Gasteiger partial charge on any atom is 0.243 e. The van der Waals surface area contributed by atoms with Crippen LogP contribution in [0.5, 0.6) is 0 Å². The van der Waals surface area contributed by atoms with Crippen LogP contribution in [0.15, 0.2) is 59.5 Å². The Hall–Kier alpha value is -1.89. The van der Waals surface area contributed by atoms with Crippen molar-refractivity contribution >= 4 is 27.5 Å². The Morgan fingerprint density at radius 3 is 2.31 bits per heavy atom. The van der Waals surface area contributed by atoms with Crippen molar-refractivity contribution in [2.24, 2.45) is 0 Å². The molecule has 0 radical (unpaired) electrons. The maximum atomic E-state index is 12.6. The minimum Gasteiger partial charge on any atom is -0.340 e. The van der Waals surface area contributed by atoms with Gasteiger partial charge in [-0.2, -0.15) is 4.31 Å². The molecule has 1 heterocycles. The first-order chi connectivity index (χ1) is 12.5. The summed E-state index contributed by atoms with van der Waals surface area (Å²) in [5.74, 6) is 0.0433. The Kier molecular flexibility index (Phi) is 5.96. The van der Waals surface area contributed by atoms with Crippen molar-refractivity contribution in [2.45, 2.75) is 17.7 Å². The average Bonchev–Trinajstić information content (AvgIpc) is 2.67. The molecule has 1 amide bonds. The average molecular weight is 393 g/mol. The van der Waals surface area contributed by atoms with Crippen LogP contribution in [0.4, 0.5) is 0 Å². The SMILES string of the molecule is O=C(CCc1cccc(Cl)c1)N1CCN(S(=O)(=O)c2ccccc2)CC1. The van der Waals surface area contributed by atoms with Gasteiger partial charge in [-0.15, -0.1) is 0 Å². The van der Waals surface area contributed by atoms with Gasteiger partial charge in [-0.3, -0.25) is 4.79 Å². The zero-order valence-electron chi connectivity index (χ0n) is 14.3. The van der Waals surface area contributed by atoms with Gasteiger partial charge in [-0.1, -0.05) is 41.9 Å². The van der Waals surface area contributed by atoms with Crippen molar-refractivity contribution in [3.8, 4) is 0 Å². The summed E-state index contributed by atoms with van der Waals surface area (Å²) in [4.78, 5) is 14.4. The molecule has 0 N–H and O–H groups in total. The molecule has 1 aliphatic heterocycles. The van der Waals surface area contributed by atoms with E-state index in [1.807, 2.05) is 18.2 Å².